The Morgan fingerprint density at radius 3 is 2.29 bits per heavy atom. The highest BCUT2D eigenvalue weighted by atomic mass is 16.2. The highest BCUT2D eigenvalue weighted by Gasteiger charge is 2.08. The molecule has 0 atom stereocenters. The smallest absolute Gasteiger partial charge is 0.243 e. The predicted molar refractivity (Wildman–Crippen MR) is 80.6 cm³/mol. The summed E-state index contributed by atoms with van der Waals surface area (Å²) in [4.78, 5) is 34.2. The third-order valence-electron chi connectivity index (χ3n) is 2.57. The minimum Gasteiger partial charge on any atom is -0.346 e. The van der Waals surface area contributed by atoms with Gasteiger partial charge in [-0.05, 0) is 18.2 Å². The summed E-state index contributed by atoms with van der Waals surface area (Å²) >= 11 is 0. The Morgan fingerprint density at radius 2 is 1.71 bits per heavy atom. The summed E-state index contributed by atoms with van der Waals surface area (Å²) in [6, 6.07) is 6.77. The van der Waals surface area contributed by atoms with Crippen LogP contribution >= 0.6 is 0 Å². The number of hydrogen-bond donors (Lipinski definition) is 4. The average Bonchev–Trinajstić information content (AvgIpc) is 2.44. The molecule has 0 aliphatic heterocycles. The summed E-state index contributed by atoms with van der Waals surface area (Å²) in [5, 5.41) is 7.72. The molecule has 0 fully saturated rings. The Kier molecular flexibility index (Phi) is 6.35. The molecule has 0 heterocycles. The number of carbonyl (C=O) groups excluding carboxylic acids is 3. The van der Waals surface area contributed by atoms with Crippen LogP contribution in [0.25, 0.3) is 0 Å². The van der Waals surface area contributed by atoms with Gasteiger partial charge in [0, 0.05) is 17.3 Å². The molecule has 21 heavy (non-hydrogen) atoms. The van der Waals surface area contributed by atoms with E-state index in [1.54, 1.807) is 38.1 Å². The number of hydrogen-bond acceptors (Lipinski definition) is 4. The topological polar surface area (TPSA) is 113 Å². The van der Waals surface area contributed by atoms with Crippen LogP contribution in [0.3, 0.4) is 0 Å². The SMILES string of the molecule is CC(C)C(=O)Nc1cccc(NC(=O)CNC(=O)CN)c1. The molecule has 5 N–H and O–H groups in total. The number of rotatable bonds is 6. The lowest BCUT2D eigenvalue weighted by atomic mass is 10.2. The Balaban J connectivity index is 2.58. The van der Waals surface area contributed by atoms with Gasteiger partial charge in [0.15, 0.2) is 0 Å². The van der Waals surface area contributed by atoms with Crippen molar-refractivity contribution in [3.05, 3.63) is 24.3 Å². The van der Waals surface area contributed by atoms with E-state index < -0.39 is 5.91 Å². The van der Waals surface area contributed by atoms with Gasteiger partial charge in [0.05, 0.1) is 13.1 Å². The van der Waals surface area contributed by atoms with Crippen molar-refractivity contribution in [2.45, 2.75) is 13.8 Å². The van der Waals surface area contributed by atoms with Gasteiger partial charge in [-0.2, -0.15) is 0 Å². The van der Waals surface area contributed by atoms with Gasteiger partial charge in [-0.3, -0.25) is 14.4 Å². The first-order chi connectivity index (χ1) is 9.92. The van der Waals surface area contributed by atoms with Crippen molar-refractivity contribution in [1.29, 1.82) is 0 Å². The van der Waals surface area contributed by atoms with E-state index in [0.717, 1.165) is 0 Å². The number of nitrogens with two attached hydrogens (primary N) is 1. The zero-order valence-electron chi connectivity index (χ0n) is 12.1. The minimum absolute atomic E-state index is 0.103. The molecule has 0 bridgehead atoms. The van der Waals surface area contributed by atoms with E-state index in [4.69, 9.17) is 5.73 Å². The number of nitrogens with one attached hydrogen (secondary N) is 3. The Labute approximate surface area is 123 Å². The lowest BCUT2D eigenvalue weighted by Gasteiger charge is -2.10. The monoisotopic (exact) mass is 292 g/mol. The van der Waals surface area contributed by atoms with Crippen molar-refractivity contribution in [1.82, 2.24) is 5.32 Å². The van der Waals surface area contributed by atoms with E-state index in [1.807, 2.05) is 0 Å². The molecule has 0 unspecified atom stereocenters. The molecule has 7 heteroatoms. The number of carbonyl (C=O) groups is 3. The maximum atomic E-state index is 11.6. The second-order valence-corrected chi connectivity index (χ2v) is 4.75. The molecule has 0 radical (unpaired) electrons. The maximum Gasteiger partial charge on any atom is 0.243 e. The summed E-state index contributed by atoms with van der Waals surface area (Å²) in [6.45, 7) is 3.27. The van der Waals surface area contributed by atoms with Crippen LogP contribution in [0, 0.1) is 5.92 Å². The maximum absolute atomic E-state index is 11.6. The molecule has 0 saturated carbocycles. The van der Waals surface area contributed by atoms with Gasteiger partial charge in [-0.25, -0.2) is 0 Å². The largest absolute Gasteiger partial charge is 0.346 e. The van der Waals surface area contributed by atoms with Gasteiger partial charge in [0.2, 0.25) is 17.7 Å². The van der Waals surface area contributed by atoms with Crippen LogP contribution in [0.1, 0.15) is 13.8 Å². The Morgan fingerprint density at radius 1 is 1.10 bits per heavy atom. The van der Waals surface area contributed by atoms with Crippen molar-refractivity contribution in [3.8, 4) is 0 Å². The van der Waals surface area contributed by atoms with Crippen LogP contribution in [-0.2, 0) is 14.4 Å². The van der Waals surface area contributed by atoms with Crippen LogP contribution in [-0.4, -0.2) is 30.8 Å². The van der Waals surface area contributed by atoms with Gasteiger partial charge in [0.1, 0.15) is 0 Å². The standard InChI is InChI=1S/C14H20N4O3/c1-9(2)14(21)18-11-5-3-4-10(6-11)17-13(20)8-16-12(19)7-15/h3-6,9H,7-8,15H2,1-2H3,(H,16,19)(H,17,20)(H,18,21). The van der Waals surface area contributed by atoms with Crippen LogP contribution < -0.4 is 21.7 Å². The van der Waals surface area contributed by atoms with Gasteiger partial charge in [-0.15, -0.1) is 0 Å². The van der Waals surface area contributed by atoms with Crippen molar-refractivity contribution in [2.75, 3.05) is 23.7 Å². The fourth-order valence-electron chi connectivity index (χ4n) is 1.42. The Hall–Kier alpha value is -2.41. The Bertz CT molecular complexity index is 529. The molecule has 1 aromatic carbocycles. The van der Waals surface area contributed by atoms with E-state index in [2.05, 4.69) is 16.0 Å². The zero-order chi connectivity index (χ0) is 15.8. The molecule has 0 aromatic heterocycles. The molecule has 1 rings (SSSR count). The second kappa shape index (κ2) is 8.01. The van der Waals surface area contributed by atoms with E-state index in [9.17, 15) is 14.4 Å². The first-order valence-electron chi connectivity index (χ1n) is 6.60. The molecule has 3 amide bonds. The summed E-state index contributed by atoms with van der Waals surface area (Å²) < 4.78 is 0. The van der Waals surface area contributed by atoms with Gasteiger partial charge in [0.25, 0.3) is 0 Å². The fourth-order valence-corrected chi connectivity index (χ4v) is 1.42. The minimum atomic E-state index is -0.400. The molecular formula is C14H20N4O3. The molecule has 114 valence electrons. The van der Waals surface area contributed by atoms with Crippen molar-refractivity contribution in [3.63, 3.8) is 0 Å². The van der Waals surface area contributed by atoms with E-state index in [1.165, 1.54) is 0 Å². The first kappa shape index (κ1) is 16.6. The molecular weight excluding hydrogens is 272 g/mol. The van der Waals surface area contributed by atoms with Crippen LogP contribution in [0.5, 0.6) is 0 Å². The van der Waals surface area contributed by atoms with Gasteiger partial charge < -0.3 is 21.7 Å². The quantitative estimate of drug-likeness (QED) is 0.603. The first-order valence-corrected chi connectivity index (χ1v) is 6.60. The van der Waals surface area contributed by atoms with Crippen LogP contribution in [0.2, 0.25) is 0 Å². The molecule has 0 saturated heterocycles. The van der Waals surface area contributed by atoms with Gasteiger partial charge in [-0.1, -0.05) is 19.9 Å². The zero-order valence-corrected chi connectivity index (χ0v) is 12.1. The van der Waals surface area contributed by atoms with E-state index in [0.29, 0.717) is 11.4 Å². The van der Waals surface area contributed by atoms with E-state index in [-0.39, 0.29) is 30.8 Å². The van der Waals surface area contributed by atoms with Crippen molar-refractivity contribution >= 4 is 29.1 Å². The second-order valence-electron chi connectivity index (χ2n) is 4.75. The third kappa shape index (κ3) is 6.05. The molecule has 0 aliphatic carbocycles. The van der Waals surface area contributed by atoms with Gasteiger partial charge >= 0.3 is 0 Å². The molecule has 0 spiro atoms. The lowest BCUT2D eigenvalue weighted by molar-refractivity contribution is -0.123. The third-order valence-corrected chi connectivity index (χ3v) is 2.57. The van der Waals surface area contributed by atoms with Crippen molar-refractivity contribution in [2.24, 2.45) is 11.7 Å². The highest BCUT2D eigenvalue weighted by molar-refractivity contribution is 5.96. The normalized spacial score (nSPS) is 10.1. The summed E-state index contributed by atoms with van der Waals surface area (Å²) in [6.07, 6.45) is 0. The lowest BCUT2D eigenvalue weighted by Crippen LogP contribution is -2.36. The molecule has 7 nitrogen and oxygen atoms in total. The van der Waals surface area contributed by atoms with Crippen molar-refractivity contribution < 1.29 is 14.4 Å². The number of benzene rings is 1. The molecule has 0 aliphatic rings. The van der Waals surface area contributed by atoms with Crippen LogP contribution in [0.15, 0.2) is 24.3 Å². The summed E-state index contributed by atoms with van der Waals surface area (Å²) in [5.41, 5.74) is 6.24. The number of amides is 3. The van der Waals surface area contributed by atoms with E-state index >= 15 is 0 Å². The highest BCUT2D eigenvalue weighted by Crippen LogP contribution is 2.15. The summed E-state index contributed by atoms with van der Waals surface area (Å²) in [5.74, 6) is -1.00. The fraction of sp³-hybridized carbons (Fsp3) is 0.357. The van der Waals surface area contributed by atoms with Crippen LogP contribution in [0.4, 0.5) is 11.4 Å². The summed E-state index contributed by atoms with van der Waals surface area (Å²) in [7, 11) is 0. The molecule has 1 aromatic rings. The predicted octanol–water partition coefficient (Wildman–Crippen LogP) is 0.295. The average molecular weight is 292 g/mol. The number of anilines is 2.